The minimum atomic E-state index is -3.80. The largest absolute Gasteiger partial charge is 0.395 e. The van der Waals surface area contributed by atoms with Crippen LogP contribution in [0.2, 0.25) is 0 Å². The highest BCUT2D eigenvalue weighted by Crippen LogP contribution is 2.37. The van der Waals surface area contributed by atoms with Crippen molar-refractivity contribution in [3.8, 4) is 0 Å². The summed E-state index contributed by atoms with van der Waals surface area (Å²) in [4.78, 5) is 4.17. The Labute approximate surface area is 155 Å². The molecule has 0 spiro atoms. The van der Waals surface area contributed by atoms with Crippen LogP contribution in [0.5, 0.6) is 0 Å². The highest BCUT2D eigenvalue weighted by molar-refractivity contribution is 7.89. The van der Waals surface area contributed by atoms with Crippen molar-refractivity contribution in [1.29, 1.82) is 0 Å². The van der Waals surface area contributed by atoms with Gasteiger partial charge < -0.3 is 9.67 Å². The molecule has 1 heterocycles. The summed E-state index contributed by atoms with van der Waals surface area (Å²) in [6.45, 7) is 4.14. The Bertz CT molecular complexity index is 816. The van der Waals surface area contributed by atoms with Gasteiger partial charge in [0, 0.05) is 18.8 Å². The van der Waals surface area contributed by atoms with E-state index in [-0.39, 0.29) is 30.1 Å². The summed E-state index contributed by atoms with van der Waals surface area (Å²) in [7, 11) is -3.80. The van der Waals surface area contributed by atoms with Gasteiger partial charge in [-0.1, -0.05) is 37.3 Å². The summed E-state index contributed by atoms with van der Waals surface area (Å²) >= 11 is 0. The number of hydrogen-bond donors (Lipinski definition) is 1. The number of nitrogens with zero attached hydrogens (tertiary/aromatic N) is 3. The van der Waals surface area contributed by atoms with Crippen LogP contribution in [0.4, 0.5) is 0 Å². The van der Waals surface area contributed by atoms with E-state index in [0.717, 1.165) is 24.8 Å². The molecular formula is C19H27N3O3S. The first-order chi connectivity index (χ1) is 12.5. The molecule has 6 nitrogen and oxygen atoms in total. The van der Waals surface area contributed by atoms with Crippen LogP contribution >= 0.6 is 0 Å². The molecule has 2 atom stereocenters. The molecule has 2 aromatic rings. The third-order valence-corrected chi connectivity index (χ3v) is 6.91. The van der Waals surface area contributed by atoms with Crippen molar-refractivity contribution >= 4 is 10.0 Å². The standard InChI is InChI=1S/C19H27N3O3S/c1-3-15(2)21-12-19(20-14-21)26(24,25)22(18(13-23)17-9-10-17)11-16-7-5-4-6-8-16/h4-8,12,14-15,17-18,23H,3,9-11,13H2,1-2H3/t15-,18-/m0/s1. The smallest absolute Gasteiger partial charge is 0.262 e. The van der Waals surface area contributed by atoms with E-state index in [9.17, 15) is 13.5 Å². The summed E-state index contributed by atoms with van der Waals surface area (Å²) in [6, 6.07) is 9.27. The van der Waals surface area contributed by atoms with Gasteiger partial charge in [-0.25, -0.2) is 13.4 Å². The minimum absolute atomic E-state index is 0.0489. The maximum atomic E-state index is 13.3. The molecule has 0 saturated heterocycles. The molecule has 1 aliphatic carbocycles. The monoisotopic (exact) mass is 377 g/mol. The number of benzene rings is 1. The molecule has 1 aromatic heterocycles. The van der Waals surface area contributed by atoms with E-state index in [0.29, 0.717) is 0 Å². The van der Waals surface area contributed by atoms with E-state index >= 15 is 0 Å². The quantitative estimate of drug-likeness (QED) is 0.729. The lowest BCUT2D eigenvalue weighted by Gasteiger charge is -2.29. The molecule has 0 radical (unpaired) electrons. The first-order valence-corrected chi connectivity index (χ1v) is 10.6. The lowest BCUT2D eigenvalue weighted by Crippen LogP contribution is -2.43. The molecule has 0 unspecified atom stereocenters. The normalized spacial score (nSPS) is 17.4. The maximum absolute atomic E-state index is 13.3. The molecular weight excluding hydrogens is 350 g/mol. The fourth-order valence-corrected chi connectivity index (χ4v) is 4.71. The van der Waals surface area contributed by atoms with Crippen LogP contribution in [-0.4, -0.2) is 40.0 Å². The van der Waals surface area contributed by atoms with E-state index in [2.05, 4.69) is 11.9 Å². The Kier molecular flexibility index (Phi) is 5.79. The number of imidazole rings is 1. The Hall–Kier alpha value is -1.70. The zero-order valence-corrected chi connectivity index (χ0v) is 16.1. The van der Waals surface area contributed by atoms with E-state index in [4.69, 9.17) is 0 Å². The highest BCUT2D eigenvalue weighted by Gasteiger charge is 2.41. The molecule has 1 saturated carbocycles. The lowest BCUT2D eigenvalue weighted by atomic mass is 10.1. The van der Waals surface area contributed by atoms with E-state index in [1.54, 1.807) is 12.5 Å². The molecule has 1 aliphatic rings. The van der Waals surface area contributed by atoms with Gasteiger partial charge in [-0.2, -0.15) is 4.31 Å². The summed E-state index contributed by atoms with van der Waals surface area (Å²) in [6.07, 6.45) is 5.97. The highest BCUT2D eigenvalue weighted by atomic mass is 32.2. The van der Waals surface area contributed by atoms with E-state index in [1.165, 1.54) is 4.31 Å². The van der Waals surface area contributed by atoms with Crippen molar-refractivity contribution < 1.29 is 13.5 Å². The van der Waals surface area contributed by atoms with Crippen molar-refractivity contribution in [3.63, 3.8) is 0 Å². The van der Waals surface area contributed by atoms with Gasteiger partial charge in [0.1, 0.15) is 0 Å². The summed E-state index contributed by atoms with van der Waals surface area (Å²) in [5.41, 5.74) is 0.900. The molecule has 26 heavy (non-hydrogen) atoms. The molecule has 0 amide bonds. The van der Waals surface area contributed by atoms with Gasteiger partial charge in [0.15, 0.2) is 5.03 Å². The van der Waals surface area contributed by atoms with Gasteiger partial charge >= 0.3 is 0 Å². The Morgan fingerprint density at radius 2 is 2.00 bits per heavy atom. The first-order valence-electron chi connectivity index (χ1n) is 9.17. The first kappa shape index (κ1) is 19.1. The summed E-state index contributed by atoms with van der Waals surface area (Å²) in [5, 5.41) is 9.94. The van der Waals surface area contributed by atoms with Crippen LogP contribution in [0, 0.1) is 5.92 Å². The van der Waals surface area contributed by atoms with Gasteiger partial charge in [-0.15, -0.1) is 0 Å². The summed E-state index contributed by atoms with van der Waals surface area (Å²) in [5.74, 6) is 0.218. The predicted molar refractivity (Wildman–Crippen MR) is 100.0 cm³/mol. The van der Waals surface area contributed by atoms with Crippen LogP contribution in [0.3, 0.4) is 0 Å². The van der Waals surface area contributed by atoms with Crippen LogP contribution in [-0.2, 0) is 16.6 Å². The van der Waals surface area contributed by atoms with Gasteiger partial charge in [0.25, 0.3) is 10.0 Å². The number of aliphatic hydroxyl groups excluding tert-OH is 1. The minimum Gasteiger partial charge on any atom is -0.395 e. The van der Waals surface area contributed by atoms with Crippen molar-refractivity contribution in [1.82, 2.24) is 13.9 Å². The van der Waals surface area contributed by atoms with Crippen LogP contribution in [0.25, 0.3) is 0 Å². The van der Waals surface area contributed by atoms with Crippen molar-refractivity contribution in [2.45, 2.75) is 56.8 Å². The van der Waals surface area contributed by atoms with Crippen LogP contribution < -0.4 is 0 Å². The average molecular weight is 378 g/mol. The SMILES string of the molecule is CC[C@H](C)n1cnc(S(=O)(=O)N(Cc2ccccc2)[C@@H](CO)C2CC2)c1. The fraction of sp³-hybridized carbons (Fsp3) is 0.526. The van der Waals surface area contributed by atoms with Crippen molar-refractivity contribution in [2.75, 3.05) is 6.61 Å². The Morgan fingerprint density at radius 3 is 2.58 bits per heavy atom. The fourth-order valence-electron chi connectivity index (χ4n) is 3.12. The molecule has 3 rings (SSSR count). The second kappa shape index (κ2) is 7.90. The van der Waals surface area contributed by atoms with Gasteiger partial charge in [0.05, 0.1) is 19.0 Å². The number of sulfonamides is 1. The molecule has 1 aromatic carbocycles. The number of aromatic nitrogens is 2. The molecule has 1 fully saturated rings. The molecule has 142 valence electrons. The van der Waals surface area contributed by atoms with Gasteiger partial charge in [0.2, 0.25) is 0 Å². The zero-order chi connectivity index (χ0) is 18.7. The number of aliphatic hydroxyl groups is 1. The zero-order valence-electron chi connectivity index (χ0n) is 15.3. The Balaban J connectivity index is 1.95. The van der Waals surface area contributed by atoms with Gasteiger partial charge in [-0.05, 0) is 37.7 Å². The van der Waals surface area contributed by atoms with E-state index in [1.807, 2.05) is 41.8 Å². The maximum Gasteiger partial charge on any atom is 0.262 e. The molecule has 1 N–H and O–H groups in total. The molecule has 0 bridgehead atoms. The Morgan fingerprint density at radius 1 is 1.31 bits per heavy atom. The average Bonchev–Trinajstić information content (AvgIpc) is 3.35. The summed E-state index contributed by atoms with van der Waals surface area (Å²) < 4.78 is 29.9. The number of hydrogen-bond acceptors (Lipinski definition) is 4. The topological polar surface area (TPSA) is 75.4 Å². The third kappa shape index (κ3) is 4.00. The third-order valence-electron chi connectivity index (χ3n) is 5.15. The van der Waals surface area contributed by atoms with Gasteiger partial charge in [-0.3, -0.25) is 0 Å². The second-order valence-electron chi connectivity index (χ2n) is 7.04. The lowest BCUT2D eigenvalue weighted by molar-refractivity contribution is 0.166. The number of rotatable bonds is 9. The van der Waals surface area contributed by atoms with Crippen molar-refractivity contribution in [3.05, 3.63) is 48.4 Å². The second-order valence-corrected chi connectivity index (χ2v) is 8.88. The molecule has 7 heteroatoms. The van der Waals surface area contributed by atoms with E-state index < -0.39 is 16.1 Å². The van der Waals surface area contributed by atoms with Crippen molar-refractivity contribution in [2.24, 2.45) is 5.92 Å². The van der Waals surface area contributed by atoms with Crippen LogP contribution in [0.1, 0.15) is 44.7 Å². The molecule has 0 aliphatic heterocycles. The van der Waals surface area contributed by atoms with Crippen LogP contribution in [0.15, 0.2) is 47.9 Å². The predicted octanol–water partition coefficient (Wildman–Crippen LogP) is 2.82.